The van der Waals surface area contributed by atoms with Crippen molar-refractivity contribution in [3.63, 3.8) is 0 Å². The maximum atomic E-state index is 12.2. The second kappa shape index (κ2) is 8.53. The quantitative estimate of drug-likeness (QED) is 0.680. The van der Waals surface area contributed by atoms with E-state index < -0.39 is 0 Å². The number of benzene rings is 1. The van der Waals surface area contributed by atoms with Gasteiger partial charge in [0.2, 0.25) is 5.95 Å². The third-order valence-corrected chi connectivity index (χ3v) is 4.42. The van der Waals surface area contributed by atoms with E-state index in [1.54, 1.807) is 18.4 Å². The third kappa shape index (κ3) is 4.29. The molecule has 1 aromatic carbocycles. The summed E-state index contributed by atoms with van der Waals surface area (Å²) in [6.45, 7) is 3.43. The Morgan fingerprint density at radius 2 is 1.86 bits per heavy atom. The molecule has 0 aliphatic carbocycles. The van der Waals surface area contributed by atoms with E-state index in [1.165, 1.54) is 12.4 Å². The van der Waals surface area contributed by atoms with E-state index in [4.69, 9.17) is 9.15 Å². The average molecular weight is 379 g/mol. The van der Waals surface area contributed by atoms with Crippen molar-refractivity contribution < 1.29 is 13.9 Å². The van der Waals surface area contributed by atoms with Crippen LogP contribution in [-0.4, -0.2) is 42.2 Å². The lowest BCUT2D eigenvalue weighted by molar-refractivity contribution is 0.0947. The van der Waals surface area contributed by atoms with Gasteiger partial charge in [-0.15, -0.1) is 0 Å². The number of nitrogens with zero attached hydrogens (tertiary/aromatic N) is 3. The summed E-state index contributed by atoms with van der Waals surface area (Å²) in [7, 11) is 0. The number of morpholine rings is 1. The fourth-order valence-electron chi connectivity index (χ4n) is 2.97. The molecule has 2 N–H and O–H groups in total. The molecular formula is C20H21N5O3. The molecule has 28 heavy (non-hydrogen) atoms. The highest BCUT2D eigenvalue weighted by Gasteiger charge is 2.15. The van der Waals surface area contributed by atoms with E-state index in [9.17, 15) is 4.79 Å². The van der Waals surface area contributed by atoms with E-state index in [2.05, 4.69) is 31.6 Å². The molecule has 0 spiro atoms. The zero-order valence-electron chi connectivity index (χ0n) is 15.3. The van der Waals surface area contributed by atoms with Crippen LogP contribution in [0.25, 0.3) is 0 Å². The summed E-state index contributed by atoms with van der Waals surface area (Å²) in [5.74, 6) is 0.868. The molecule has 2 aromatic heterocycles. The number of nitrogens with one attached hydrogen (secondary N) is 2. The van der Waals surface area contributed by atoms with Crippen LogP contribution in [0.15, 0.2) is 59.5 Å². The van der Waals surface area contributed by atoms with Crippen LogP contribution in [0.3, 0.4) is 0 Å². The summed E-state index contributed by atoms with van der Waals surface area (Å²) in [5, 5.41) is 6.01. The normalized spacial score (nSPS) is 13.9. The molecule has 1 aliphatic heterocycles. The van der Waals surface area contributed by atoms with Crippen LogP contribution < -0.4 is 15.5 Å². The number of hydrogen-bond acceptors (Lipinski definition) is 7. The molecule has 3 heterocycles. The monoisotopic (exact) mass is 379 g/mol. The van der Waals surface area contributed by atoms with Gasteiger partial charge in [-0.05, 0) is 24.3 Å². The highest BCUT2D eigenvalue weighted by Crippen LogP contribution is 2.28. The summed E-state index contributed by atoms with van der Waals surface area (Å²) < 4.78 is 10.6. The number of carbonyl (C=O) groups excluding carboxylic acids is 1. The smallest absolute Gasteiger partial charge is 0.254 e. The van der Waals surface area contributed by atoms with Gasteiger partial charge < -0.3 is 24.7 Å². The minimum Gasteiger partial charge on any atom is -0.467 e. The van der Waals surface area contributed by atoms with E-state index in [0.717, 1.165) is 24.5 Å². The van der Waals surface area contributed by atoms with Gasteiger partial charge in [0, 0.05) is 25.5 Å². The Morgan fingerprint density at radius 3 is 2.61 bits per heavy atom. The lowest BCUT2D eigenvalue weighted by Crippen LogP contribution is -2.36. The molecule has 0 bridgehead atoms. The molecule has 0 saturated carbocycles. The van der Waals surface area contributed by atoms with Gasteiger partial charge in [0.1, 0.15) is 5.76 Å². The Hall–Kier alpha value is -3.39. The van der Waals surface area contributed by atoms with Crippen molar-refractivity contribution in [2.45, 2.75) is 6.54 Å². The van der Waals surface area contributed by atoms with Gasteiger partial charge in [0.15, 0.2) is 0 Å². The van der Waals surface area contributed by atoms with Gasteiger partial charge in [0.05, 0.1) is 43.0 Å². The standard InChI is InChI=1S/C20H21N5O3/c26-19(21-14-16-4-3-9-28-16)15-12-22-20(23-13-15)24-17-5-1-2-6-18(17)25-7-10-27-11-8-25/h1-6,9,12-13H,7-8,10-11,14H2,(H,21,26)(H,22,23,24). The topological polar surface area (TPSA) is 92.5 Å². The first-order chi connectivity index (χ1) is 13.8. The van der Waals surface area contributed by atoms with Crippen LogP contribution in [0.1, 0.15) is 16.1 Å². The average Bonchev–Trinajstić information content (AvgIpc) is 3.27. The van der Waals surface area contributed by atoms with Crippen molar-refractivity contribution in [3.05, 3.63) is 66.4 Å². The zero-order valence-corrected chi connectivity index (χ0v) is 15.3. The van der Waals surface area contributed by atoms with E-state index in [1.807, 2.05) is 18.2 Å². The minimum atomic E-state index is -0.253. The fourth-order valence-corrected chi connectivity index (χ4v) is 2.97. The van der Waals surface area contributed by atoms with Gasteiger partial charge >= 0.3 is 0 Å². The molecule has 1 saturated heterocycles. The third-order valence-electron chi connectivity index (χ3n) is 4.42. The number of amides is 1. The SMILES string of the molecule is O=C(NCc1ccco1)c1cnc(Nc2ccccc2N2CCOCC2)nc1. The molecule has 0 radical (unpaired) electrons. The number of ether oxygens (including phenoxy) is 1. The molecule has 0 atom stereocenters. The molecule has 1 fully saturated rings. The van der Waals surface area contributed by atoms with Gasteiger partial charge in [0.25, 0.3) is 5.91 Å². The second-order valence-corrected chi connectivity index (χ2v) is 6.30. The number of furan rings is 1. The van der Waals surface area contributed by atoms with Crippen molar-refractivity contribution >= 4 is 23.2 Å². The first-order valence-electron chi connectivity index (χ1n) is 9.11. The highest BCUT2D eigenvalue weighted by atomic mass is 16.5. The Morgan fingerprint density at radius 1 is 1.07 bits per heavy atom. The van der Waals surface area contributed by atoms with Crippen LogP contribution in [0, 0.1) is 0 Å². The van der Waals surface area contributed by atoms with Gasteiger partial charge in [-0.25, -0.2) is 9.97 Å². The second-order valence-electron chi connectivity index (χ2n) is 6.30. The maximum Gasteiger partial charge on any atom is 0.254 e. The Kier molecular flexibility index (Phi) is 5.48. The van der Waals surface area contributed by atoms with Crippen molar-refractivity contribution in [2.75, 3.05) is 36.5 Å². The first-order valence-corrected chi connectivity index (χ1v) is 9.11. The summed E-state index contributed by atoms with van der Waals surface area (Å²) >= 11 is 0. The number of carbonyl (C=O) groups is 1. The lowest BCUT2D eigenvalue weighted by atomic mass is 10.2. The molecule has 1 amide bonds. The number of para-hydroxylation sites is 2. The Balaban J connectivity index is 1.41. The molecule has 4 rings (SSSR count). The van der Waals surface area contributed by atoms with Crippen molar-refractivity contribution in [1.82, 2.24) is 15.3 Å². The van der Waals surface area contributed by atoms with Crippen LogP contribution in [0.5, 0.6) is 0 Å². The molecule has 1 aliphatic rings. The van der Waals surface area contributed by atoms with Gasteiger partial charge in [-0.3, -0.25) is 4.79 Å². The van der Waals surface area contributed by atoms with Crippen LogP contribution in [-0.2, 0) is 11.3 Å². The summed E-state index contributed by atoms with van der Waals surface area (Å²) in [5.41, 5.74) is 2.38. The van der Waals surface area contributed by atoms with Crippen LogP contribution in [0.4, 0.5) is 17.3 Å². The number of rotatable bonds is 6. The Labute approximate surface area is 162 Å². The maximum absolute atomic E-state index is 12.2. The molecular weight excluding hydrogens is 358 g/mol. The van der Waals surface area contributed by atoms with E-state index in [-0.39, 0.29) is 5.91 Å². The highest BCUT2D eigenvalue weighted by molar-refractivity contribution is 5.93. The molecule has 8 nitrogen and oxygen atoms in total. The first kappa shape index (κ1) is 18.0. The van der Waals surface area contributed by atoms with Crippen LogP contribution in [0.2, 0.25) is 0 Å². The van der Waals surface area contributed by atoms with Crippen molar-refractivity contribution in [2.24, 2.45) is 0 Å². The molecule has 0 unspecified atom stereocenters. The summed E-state index contributed by atoms with van der Waals surface area (Å²) in [4.78, 5) is 23.0. The summed E-state index contributed by atoms with van der Waals surface area (Å²) in [6, 6.07) is 11.6. The number of hydrogen-bond donors (Lipinski definition) is 2. The number of aromatic nitrogens is 2. The molecule has 8 heteroatoms. The predicted molar refractivity (Wildman–Crippen MR) is 105 cm³/mol. The molecule has 3 aromatic rings. The largest absolute Gasteiger partial charge is 0.467 e. The Bertz CT molecular complexity index is 906. The molecule has 144 valence electrons. The predicted octanol–water partition coefficient (Wildman–Crippen LogP) is 2.58. The zero-order chi connectivity index (χ0) is 19.2. The lowest BCUT2D eigenvalue weighted by Gasteiger charge is -2.30. The number of anilines is 3. The fraction of sp³-hybridized carbons (Fsp3) is 0.250. The summed E-state index contributed by atoms with van der Waals surface area (Å²) in [6.07, 6.45) is 4.58. The van der Waals surface area contributed by atoms with Crippen molar-refractivity contribution in [1.29, 1.82) is 0 Å². The van der Waals surface area contributed by atoms with Gasteiger partial charge in [-0.2, -0.15) is 0 Å². The van der Waals surface area contributed by atoms with Gasteiger partial charge in [-0.1, -0.05) is 12.1 Å². The van der Waals surface area contributed by atoms with E-state index >= 15 is 0 Å². The van der Waals surface area contributed by atoms with E-state index in [0.29, 0.717) is 37.0 Å². The van der Waals surface area contributed by atoms with Crippen molar-refractivity contribution in [3.8, 4) is 0 Å². The van der Waals surface area contributed by atoms with Crippen LogP contribution >= 0.6 is 0 Å². The minimum absolute atomic E-state index is 0.253.